The van der Waals surface area contributed by atoms with E-state index in [2.05, 4.69) is 24.1 Å². The van der Waals surface area contributed by atoms with Crippen molar-refractivity contribution in [2.45, 2.75) is 25.8 Å². The number of carbonyl (C=O) groups excluding carboxylic acids is 1. The maximum Gasteiger partial charge on any atom is 0.236 e. The highest BCUT2D eigenvalue weighted by Gasteiger charge is 2.32. The quantitative estimate of drug-likeness (QED) is 0.749. The molecule has 5 nitrogen and oxygen atoms in total. The van der Waals surface area contributed by atoms with Crippen LogP contribution in [-0.2, 0) is 9.53 Å². The van der Waals surface area contributed by atoms with Gasteiger partial charge in [0.2, 0.25) is 5.91 Å². The number of nitrogens with zero attached hydrogens (tertiary/aromatic N) is 2. The van der Waals surface area contributed by atoms with Gasteiger partial charge in [-0.1, -0.05) is 0 Å². The predicted octanol–water partition coefficient (Wildman–Crippen LogP) is -0.0809. The third-order valence-corrected chi connectivity index (χ3v) is 3.84. The lowest BCUT2D eigenvalue weighted by Gasteiger charge is -2.42. The molecule has 18 heavy (non-hydrogen) atoms. The lowest BCUT2D eigenvalue weighted by atomic mass is 10.0. The normalized spacial score (nSPS) is 25.8. The van der Waals surface area contributed by atoms with Crippen LogP contribution in [0.5, 0.6) is 0 Å². The van der Waals surface area contributed by atoms with Crippen LogP contribution in [0.3, 0.4) is 0 Å². The summed E-state index contributed by atoms with van der Waals surface area (Å²) in [5, 5.41) is 3.32. The first-order valence-electron chi connectivity index (χ1n) is 6.91. The molecule has 0 unspecified atom stereocenters. The second-order valence-electron chi connectivity index (χ2n) is 5.77. The van der Waals surface area contributed by atoms with Crippen molar-refractivity contribution in [1.29, 1.82) is 0 Å². The molecule has 0 radical (unpaired) electrons. The molecule has 2 aliphatic rings. The van der Waals surface area contributed by atoms with Crippen molar-refractivity contribution in [2.24, 2.45) is 0 Å². The predicted molar refractivity (Wildman–Crippen MR) is 70.5 cm³/mol. The first-order chi connectivity index (χ1) is 8.59. The third kappa shape index (κ3) is 3.43. The number of hydrogen-bond acceptors (Lipinski definition) is 4. The van der Waals surface area contributed by atoms with Gasteiger partial charge in [0, 0.05) is 31.7 Å². The molecule has 2 aliphatic heterocycles. The summed E-state index contributed by atoms with van der Waals surface area (Å²) in [6.45, 7) is 10.8. The Morgan fingerprint density at radius 1 is 1.28 bits per heavy atom. The average molecular weight is 255 g/mol. The molecule has 2 rings (SSSR count). The highest BCUT2D eigenvalue weighted by Crippen LogP contribution is 2.18. The Bertz CT molecular complexity index is 286. The summed E-state index contributed by atoms with van der Waals surface area (Å²) in [7, 11) is 0. The van der Waals surface area contributed by atoms with Crippen molar-refractivity contribution < 1.29 is 9.53 Å². The molecule has 1 amide bonds. The summed E-state index contributed by atoms with van der Waals surface area (Å²) in [6.07, 6.45) is 1.05. The summed E-state index contributed by atoms with van der Waals surface area (Å²) in [4.78, 5) is 16.6. The first-order valence-corrected chi connectivity index (χ1v) is 6.91. The van der Waals surface area contributed by atoms with Gasteiger partial charge in [0.1, 0.15) is 0 Å². The fraction of sp³-hybridized carbons (Fsp3) is 0.923. The van der Waals surface area contributed by atoms with Gasteiger partial charge < -0.3 is 15.0 Å². The molecule has 2 heterocycles. The Labute approximate surface area is 109 Å². The van der Waals surface area contributed by atoms with Crippen LogP contribution in [0.2, 0.25) is 0 Å². The molecule has 0 bridgehead atoms. The fourth-order valence-electron chi connectivity index (χ4n) is 2.54. The van der Waals surface area contributed by atoms with E-state index in [1.165, 1.54) is 0 Å². The maximum atomic E-state index is 12.3. The Balaban J connectivity index is 1.89. The van der Waals surface area contributed by atoms with E-state index in [1.807, 2.05) is 4.90 Å². The van der Waals surface area contributed by atoms with Crippen LogP contribution in [0.1, 0.15) is 20.3 Å². The van der Waals surface area contributed by atoms with Crippen LogP contribution in [0.4, 0.5) is 0 Å². The zero-order valence-corrected chi connectivity index (χ0v) is 11.6. The van der Waals surface area contributed by atoms with Crippen molar-refractivity contribution in [1.82, 2.24) is 15.1 Å². The minimum Gasteiger partial charge on any atom is -0.378 e. The second-order valence-corrected chi connectivity index (χ2v) is 5.77. The van der Waals surface area contributed by atoms with Crippen molar-refractivity contribution in [3.8, 4) is 0 Å². The topological polar surface area (TPSA) is 44.8 Å². The van der Waals surface area contributed by atoms with E-state index in [4.69, 9.17) is 4.74 Å². The summed E-state index contributed by atoms with van der Waals surface area (Å²) in [5.74, 6) is 0.258. The van der Waals surface area contributed by atoms with Crippen LogP contribution in [0.25, 0.3) is 0 Å². The number of morpholine rings is 1. The Morgan fingerprint density at radius 3 is 2.89 bits per heavy atom. The van der Waals surface area contributed by atoms with E-state index < -0.39 is 0 Å². The number of amides is 1. The van der Waals surface area contributed by atoms with Crippen LogP contribution in [-0.4, -0.2) is 73.7 Å². The van der Waals surface area contributed by atoms with Crippen molar-refractivity contribution in [3.63, 3.8) is 0 Å². The van der Waals surface area contributed by atoms with Gasteiger partial charge in [-0.05, 0) is 26.8 Å². The number of carbonyl (C=O) groups is 1. The zero-order valence-electron chi connectivity index (χ0n) is 11.6. The lowest BCUT2D eigenvalue weighted by molar-refractivity contribution is -0.137. The molecule has 0 aromatic heterocycles. The minimum absolute atomic E-state index is 0.0298. The molecule has 0 aliphatic carbocycles. The summed E-state index contributed by atoms with van der Waals surface area (Å²) < 4.78 is 5.49. The van der Waals surface area contributed by atoms with Gasteiger partial charge in [-0.3, -0.25) is 9.69 Å². The number of nitrogens with one attached hydrogen (secondary N) is 1. The van der Waals surface area contributed by atoms with E-state index in [9.17, 15) is 4.79 Å². The Morgan fingerprint density at radius 2 is 2.11 bits per heavy atom. The van der Waals surface area contributed by atoms with Gasteiger partial charge in [-0.25, -0.2) is 0 Å². The number of ether oxygens (including phenoxy) is 1. The third-order valence-electron chi connectivity index (χ3n) is 3.84. The molecule has 0 spiro atoms. The van der Waals surface area contributed by atoms with Gasteiger partial charge in [-0.15, -0.1) is 0 Å². The molecule has 2 fully saturated rings. The molecule has 104 valence electrons. The monoisotopic (exact) mass is 255 g/mol. The van der Waals surface area contributed by atoms with Gasteiger partial charge in [0.05, 0.1) is 19.8 Å². The SMILES string of the molecule is CC1(C)COCCN1CC(=O)N1CCCNCC1. The second kappa shape index (κ2) is 5.99. The largest absolute Gasteiger partial charge is 0.378 e. The molecule has 0 aromatic carbocycles. The Hall–Kier alpha value is -0.650. The van der Waals surface area contributed by atoms with Crippen molar-refractivity contribution >= 4 is 5.91 Å². The smallest absolute Gasteiger partial charge is 0.236 e. The first kappa shape index (κ1) is 13.8. The fourth-order valence-corrected chi connectivity index (χ4v) is 2.54. The zero-order chi connectivity index (χ0) is 13.0. The van der Waals surface area contributed by atoms with Gasteiger partial charge in [0.25, 0.3) is 0 Å². The summed E-state index contributed by atoms with van der Waals surface area (Å²) in [5.41, 5.74) is -0.0298. The molecule has 0 aromatic rings. The van der Waals surface area contributed by atoms with E-state index >= 15 is 0 Å². The molecule has 2 saturated heterocycles. The highest BCUT2D eigenvalue weighted by atomic mass is 16.5. The molecule has 1 N–H and O–H groups in total. The van der Waals surface area contributed by atoms with Gasteiger partial charge in [0.15, 0.2) is 0 Å². The molecular formula is C13H25N3O2. The Kier molecular flexibility index (Phi) is 4.59. The van der Waals surface area contributed by atoms with Crippen molar-refractivity contribution in [3.05, 3.63) is 0 Å². The number of hydrogen-bond donors (Lipinski definition) is 1. The summed E-state index contributed by atoms with van der Waals surface area (Å²) >= 11 is 0. The highest BCUT2D eigenvalue weighted by molar-refractivity contribution is 5.78. The van der Waals surface area contributed by atoms with E-state index in [1.54, 1.807) is 0 Å². The van der Waals surface area contributed by atoms with Crippen LogP contribution in [0, 0.1) is 0 Å². The van der Waals surface area contributed by atoms with E-state index in [0.717, 1.165) is 45.8 Å². The standard InChI is InChI=1S/C13H25N3O2/c1-13(2)11-18-9-8-16(13)10-12(17)15-6-3-4-14-5-7-15/h14H,3-11H2,1-2H3. The van der Waals surface area contributed by atoms with Crippen LogP contribution >= 0.6 is 0 Å². The average Bonchev–Trinajstić information content (AvgIpc) is 2.60. The van der Waals surface area contributed by atoms with E-state index in [0.29, 0.717) is 13.2 Å². The summed E-state index contributed by atoms with van der Waals surface area (Å²) in [6, 6.07) is 0. The van der Waals surface area contributed by atoms with Gasteiger partial charge >= 0.3 is 0 Å². The molecular weight excluding hydrogens is 230 g/mol. The lowest BCUT2D eigenvalue weighted by Crippen LogP contribution is -2.56. The molecule has 0 saturated carbocycles. The van der Waals surface area contributed by atoms with Crippen LogP contribution < -0.4 is 5.32 Å². The molecule has 5 heteroatoms. The van der Waals surface area contributed by atoms with Crippen LogP contribution in [0.15, 0.2) is 0 Å². The minimum atomic E-state index is -0.0298. The van der Waals surface area contributed by atoms with Crippen molar-refractivity contribution in [2.75, 3.05) is 52.5 Å². The number of rotatable bonds is 2. The van der Waals surface area contributed by atoms with E-state index in [-0.39, 0.29) is 11.4 Å². The molecule has 0 atom stereocenters. The maximum absolute atomic E-state index is 12.3. The van der Waals surface area contributed by atoms with Gasteiger partial charge in [-0.2, -0.15) is 0 Å².